The first-order valence-corrected chi connectivity index (χ1v) is 2.84. The van der Waals surface area contributed by atoms with Crippen LogP contribution in [0.3, 0.4) is 0 Å². The molecule has 0 unspecified atom stereocenters. The van der Waals surface area contributed by atoms with Crippen molar-refractivity contribution >= 4 is 6.16 Å². The molecule has 0 rings (SSSR count). The van der Waals surface area contributed by atoms with E-state index in [1.54, 1.807) is 6.92 Å². The molecule has 0 N–H and O–H groups in total. The van der Waals surface area contributed by atoms with Gasteiger partial charge in [-0.1, -0.05) is 12.7 Å². The van der Waals surface area contributed by atoms with Crippen LogP contribution in [0.2, 0.25) is 0 Å². The van der Waals surface area contributed by atoms with Crippen molar-refractivity contribution in [2.75, 3.05) is 6.61 Å². The Morgan fingerprint density at radius 1 is 1.70 bits per heavy atom. The second kappa shape index (κ2) is 5.88. The Labute approximate surface area is 59.9 Å². The highest BCUT2D eigenvalue weighted by Gasteiger charge is 1.95. The monoisotopic (exact) mass is 141 g/mol. The van der Waals surface area contributed by atoms with Gasteiger partial charge in [0.1, 0.15) is 0 Å². The van der Waals surface area contributed by atoms with Crippen LogP contribution < -0.4 is 0 Å². The average Bonchev–Trinajstić information content (AvgIpc) is 1.89. The number of allylic oxidation sites excluding steroid dienone is 2. The van der Waals surface area contributed by atoms with Gasteiger partial charge in [0.2, 0.25) is 0 Å². The molecule has 0 spiro atoms. The van der Waals surface area contributed by atoms with E-state index in [-0.39, 0.29) is 0 Å². The Bertz CT molecular complexity index is 138. The average molecular weight is 141 g/mol. The summed E-state index contributed by atoms with van der Waals surface area (Å²) in [5, 5.41) is 0. The maximum Gasteiger partial charge on any atom is 0.513 e. The molecule has 0 aliphatic rings. The Hall–Kier alpha value is -1.25. The van der Waals surface area contributed by atoms with Gasteiger partial charge in [0.05, 0.1) is 12.9 Å². The Balaban J connectivity index is 3.38. The predicted molar refractivity (Wildman–Crippen MR) is 36.1 cm³/mol. The maximum absolute atomic E-state index is 10.4. The summed E-state index contributed by atoms with van der Waals surface area (Å²) in [4.78, 5) is 10.4. The van der Waals surface area contributed by atoms with Crippen molar-refractivity contribution in [1.82, 2.24) is 0 Å². The van der Waals surface area contributed by atoms with E-state index in [0.29, 0.717) is 6.61 Å². The van der Waals surface area contributed by atoms with Crippen LogP contribution in [-0.4, -0.2) is 12.8 Å². The third-order valence-corrected chi connectivity index (χ3v) is 0.616. The largest absolute Gasteiger partial charge is 0.513 e. The van der Waals surface area contributed by atoms with Crippen molar-refractivity contribution in [3.63, 3.8) is 0 Å². The van der Waals surface area contributed by atoms with E-state index < -0.39 is 6.16 Å². The summed E-state index contributed by atoms with van der Waals surface area (Å²) >= 11 is 0. The van der Waals surface area contributed by atoms with E-state index in [1.807, 2.05) is 0 Å². The van der Waals surface area contributed by atoms with Gasteiger partial charge < -0.3 is 9.47 Å². The fourth-order valence-corrected chi connectivity index (χ4v) is 0.292. The van der Waals surface area contributed by atoms with E-state index >= 15 is 0 Å². The van der Waals surface area contributed by atoms with E-state index in [4.69, 9.17) is 6.58 Å². The summed E-state index contributed by atoms with van der Waals surface area (Å²) < 4.78 is 8.79. The van der Waals surface area contributed by atoms with Gasteiger partial charge in [-0.25, -0.2) is 4.79 Å². The van der Waals surface area contributed by atoms with Crippen LogP contribution in [0.5, 0.6) is 0 Å². The van der Waals surface area contributed by atoms with Crippen molar-refractivity contribution < 1.29 is 14.3 Å². The lowest BCUT2D eigenvalue weighted by atomic mass is 10.6. The third-order valence-electron chi connectivity index (χ3n) is 0.616. The van der Waals surface area contributed by atoms with Crippen molar-refractivity contribution in [3.05, 3.63) is 25.0 Å². The zero-order valence-electron chi connectivity index (χ0n) is 5.74. The summed E-state index contributed by atoms with van der Waals surface area (Å²) in [5.41, 5.74) is 0. The summed E-state index contributed by atoms with van der Waals surface area (Å²) in [6.45, 7) is 6.94. The second-order valence-electron chi connectivity index (χ2n) is 1.32. The molecule has 0 aromatic rings. The quantitative estimate of drug-likeness (QED) is 0.340. The van der Waals surface area contributed by atoms with Crippen LogP contribution >= 0.6 is 0 Å². The lowest BCUT2D eigenvalue weighted by Gasteiger charge is -1.96. The van der Waals surface area contributed by atoms with Gasteiger partial charge in [-0.05, 0) is 13.0 Å². The lowest BCUT2D eigenvalue weighted by Crippen LogP contribution is -2.01. The van der Waals surface area contributed by atoms with Gasteiger partial charge in [0, 0.05) is 0 Å². The lowest BCUT2D eigenvalue weighted by molar-refractivity contribution is 0.0894. The number of carbonyl (C=O) groups is 1. The van der Waals surface area contributed by atoms with E-state index in [1.165, 1.54) is 12.2 Å². The summed E-state index contributed by atoms with van der Waals surface area (Å²) in [6.07, 6.45) is 3.06. The van der Waals surface area contributed by atoms with Gasteiger partial charge in [-0.15, -0.1) is 0 Å². The fraction of sp³-hybridized carbons (Fsp3) is 0.286. The first-order valence-electron chi connectivity index (χ1n) is 2.84. The van der Waals surface area contributed by atoms with Crippen LogP contribution in [0.25, 0.3) is 0 Å². The number of hydrogen-bond donors (Lipinski definition) is 0. The summed E-state index contributed by atoms with van der Waals surface area (Å²) in [6, 6.07) is 0. The SMILES string of the molecule is [CH]=CC=COC(=O)OCC. The molecule has 0 fully saturated rings. The molecule has 0 saturated heterocycles. The van der Waals surface area contributed by atoms with Crippen molar-refractivity contribution in [2.45, 2.75) is 6.92 Å². The minimum absolute atomic E-state index is 0.305. The van der Waals surface area contributed by atoms with Crippen molar-refractivity contribution in [1.29, 1.82) is 0 Å². The highest BCUT2D eigenvalue weighted by molar-refractivity contribution is 5.60. The number of rotatable bonds is 3. The molecule has 3 nitrogen and oxygen atoms in total. The van der Waals surface area contributed by atoms with Gasteiger partial charge in [0.25, 0.3) is 0 Å². The standard InChI is InChI=1S/C7H9O3/c1-3-5-6-10-7(8)9-4-2/h1,3,5-6H,4H2,2H3. The summed E-state index contributed by atoms with van der Waals surface area (Å²) in [5.74, 6) is 0. The number of ether oxygens (including phenoxy) is 2. The normalized spacial score (nSPS) is 9.30. The highest BCUT2D eigenvalue weighted by Crippen LogP contribution is 1.85. The van der Waals surface area contributed by atoms with Gasteiger partial charge >= 0.3 is 6.16 Å². The predicted octanol–water partition coefficient (Wildman–Crippen LogP) is 1.66. The van der Waals surface area contributed by atoms with Crippen LogP contribution in [0.15, 0.2) is 18.4 Å². The number of carbonyl (C=O) groups excluding carboxylic acids is 1. The Morgan fingerprint density at radius 3 is 2.90 bits per heavy atom. The first kappa shape index (κ1) is 8.75. The van der Waals surface area contributed by atoms with E-state index in [2.05, 4.69) is 9.47 Å². The topological polar surface area (TPSA) is 35.5 Å². The summed E-state index contributed by atoms with van der Waals surface area (Å²) in [7, 11) is 0. The molecule has 55 valence electrons. The molecule has 3 heteroatoms. The molecule has 0 aromatic carbocycles. The van der Waals surface area contributed by atoms with Crippen molar-refractivity contribution in [3.8, 4) is 0 Å². The maximum atomic E-state index is 10.4. The molecule has 0 aliphatic carbocycles. The third kappa shape index (κ3) is 4.90. The van der Waals surface area contributed by atoms with Crippen molar-refractivity contribution in [2.24, 2.45) is 0 Å². The number of hydrogen-bond acceptors (Lipinski definition) is 3. The molecule has 0 heterocycles. The Kier molecular flexibility index (Phi) is 5.14. The zero-order valence-corrected chi connectivity index (χ0v) is 5.74. The van der Waals surface area contributed by atoms with Crippen LogP contribution in [0, 0.1) is 6.58 Å². The molecule has 0 aliphatic heterocycles. The second-order valence-corrected chi connectivity index (χ2v) is 1.32. The van der Waals surface area contributed by atoms with Crippen LogP contribution in [-0.2, 0) is 9.47 Å². The minimum Gasteiger partial charge on any atom is -0.434 e. The van der Waals surface area contributed by atoms with Crippen LogP contribution in [0.1, 0.15) is 6.92 Å². The molecule has 0 saturated carbocycles. The van der Waals surface area contributed by atoms with Gasteiger partial charge in [-0.2, -0.15) is 0 Å². The zero-order chi connectivity index (χ0) is 7.82. The molecule has 0 aromatic heterocycles. The van der Waals surface area contributed by atoms with Gasteiger partial charge in [-0.3, -0.25) is 0 Å². The Morgan fingerprint density at radius 2 is 2.40 bits per heavy atom. The molecule has 10 heavy (non-hydrogen) atoms. The molecular weight excluding hydrogens is 132 g/mol. The fourth-order valence-electron chi connectivity index (χ4n) is 0.292. The highest BCUT2D eigenvalue weighted by atomic mass is 16.7. The first-order chi connectivity index (χ1) is 4.81. The smallest absolute Gasteiger partial charge is 0.434 e. The minimum atomic E-state index is -0.722. The van der Waals surface area contributed by atoms with Crippen LogP contribution in [0.4, 0.5) is 4.79 Å². The van der Waals surface area contributed by atoms with E-state index in [0.717, 1.165) is 6.26 Å². The van der Waals surface area contributed by atoms with E-state index in [9.17, 15) is 4.79 Å². The molecule has 1 radical (unpaired) electrons. The molecule has 0 atom stereocenters. The van der Waals surface area contributed by atoms with Gasteiger partial charge in [0.15, 0.2) is 0 Å². The molecule has 0 bridgehead atoms. The molecular formula is C7H9O3. The molecule has 0 amide bonds.